The molecule has 3 saturated heterocycles. The van der Waals surface area contributed by atoms with E-state index in [-0.39, 0.29) is 34.5 Å². The molecule has 0 aliphatic carbocycles. The summed E-state index contributed by atoms with van der Waals surface area (Å²) in [6, 6.07) is 5.32. The molecular weight excluding hydrogens is 604 g/mol. The van der Waals surface area contributed by atoms with Gasteiger partial charge >= 0.3 is 5.97 Å². The lowest BCUT2D eigenvalue weighted by atomic mass is 9.71. The molecule has 41 heavy (non-hydrogen) atoms. The molecule has 1 spiro atoms. The van der Waals surface area contributed by atoms with Crippen molar-refractivity contribution in [3.63, 3.8) is 0 Å². The number of aliphatic hydroxyl groups is 1. The maximum absolute atomic E-state index is 14.7. The molecule has 3 aliphatic heterocycles. The number of ether oxygens (including phenoxy) is 1. The molecule has 224 valence electrons. The van der Waals surface area contributed by atoms with E-state index in [1.54, 1.807) is 27.6 Å². The summed E-state index contributed by atoms with van der Waals surface area (Å²) < 4.78 is 5.01. The highest BCUT2D eigenvalue weighted by atomic mass is 79.9. The number of fused-ring (bicyclic) bond motifs is 1. The number of aliphatic hydroxyl groups excluding tert-OH is 1. The number of halogens is 1. The quantitative estimate of drug-likeness (QED) is 0.120. The number of hydrogen-bond donors (Lipinski definition) is 1. The number of nitrogens with zero attached hydrogens (tertiary/aromatic N) is 2. The zero-order valence-electron chi connectivity index (χ0n) is 24.2. The highest BCUT2D eigenvalue weighted by Gasteiger charge is 2.76. The number of alkyl halides is 1. The molecule has 2 amide bonds. The first-order valence-electron chi connectivity index (χ1n) is 14.7. The van der Waals surface area contributed by atoms with Gasteiger partial charge in [-0.05, 0) is 76.0 Å². The van der Waals surface area contributed by atoms with Gasteiger partial charge in [0, 0.05) is 35.5 Å². The van der Waals surface area contributed by atoms with E-state index in [0.29, 0.717) is 39.0 Å². The van der Waals surface area contributed by atoms with E-state index in [1.165, 1.54) is 0 Å². The average Bonchev–Trinajstić information content (AvgIpc) is 3.54. The molecule has 3 fully saturated rings. The van der Waals surface area contributed by atoms with Crippen molar-refractivity contribution in [2.75, 3.05) is 31.2 Å². The third kappa shape index (κ3) is 6.18. The number of rotatable bonds is 15. The van der Waals surface area contributed by atoms with Gasteiger partial charge in [-0.1, -0.05) is 40.2 Å². The van der Waals surface area contributed by atoms with Gasteiger partial charge in [-0.25, -0.2) is 0 Å². The number of hydrogen-bond acceptors (Lipinski definition) is 6. The Morgan fingerprint density at radius 3 is 2.68 bits per heavy atom. The van der Waals surface area contributed by atoms with Gasteiger partial charge in [-0.3, -0.25) is 14.4 Å². The molecular formula is C32H43BrN2O5S. The van der Waals surface area contributed by atoms with Crippen molar-refractivity contribution in [1.82, 2.24) is 4.90 Å². The van der Waals surface area contributed by atoms with E-state index in [1.807, 2.05) is 38.1 Å². The van der Waals surface area contributed by atoms with Gasteiger partial charge in [-0.15, -0.1) is 24.9 Å². The normalized spacial score (nSPS) is 28.0. The molecule has 6 atom stereocenters. The van der Waals surface area contributed by atoms with Crippen molar-refractivity contribution in [2.45, 2.75) is 79.7 Å². The first-order chi connectivity index (χ1) is 19.7. The number of thioether (sulfide) groups is 1. The number of amides is 2. The maximum Gasteiger partial charge on any atom is 0.310 e. The van der Waals surface area contributed by atoms with Crippen LogP contribution in [0.1, 0.15) is 56.1 Å². The highest BCUT2D eigenvalue weighted by molar-refractivity contribution is 9.09. The summed E-state index contributed by atoms with van der Waals surface area (Å²) in [6.45, 7) is 12.8. The van der Waals surface area contributed by atoms with E-state index in [9.17, 15) is 19.5 Å². The van der Waals surface area contributed by atoms with Crippen LogP contribution in [0, 0.1) is 25.7 Å². The van der Waals surface area contributed by atoms with Gasteiger partial charge < -0.3 is 19.6 Å². The summed E-state index contributed by atoms with van der Waals surface area (Å²) in [4.78, 5) is 46.0. The largest absolute Gasteiger partial charge is 0.465 e. The standard InChI is InChI=1S/C32H43BrN2O5S/c1-5-7-8-12-18-40-31(39)25-26-29(37)35(16-10-9-11-17-36)28(32(26)20-23(33)27(25)41-32)30(38)34(15-6-2)24-19-21(3)13-14-22(24)4/h5-6,13-14,19,23,25-28,36H,1-2,7-12,15-18,20H2,3-4H3/t23?,25-,26-,27-,28?,32?/m0/s1. The van der Waals surface area contributed by atoms with Crippen LogP contribution in [0.25, 0.3) is 0 Å². The lowest BCUT2D eigenvalue weighted by Crippen LogP contribution is -2.55. The minimum absolute atomic E-state index is 0.00642. The Morgan fingerprint density at radius 2 is 1.98 bits per heavy atom. The Kier molecular flexibility index (Phi) is 10.8. The lowest BCUT2D eigenvalue weighted by molar-refractivity contribution is -0.154. The molecule has 1 N–H and O–H groups in total. The van der Waals surface area contributed by atoms with Crippen LogP contribution in [-0.4, -0.2) is 75.0 Å². The molecule has 3 aliphatic rings. The van der Waals surface area contributed by atoms with E-state index in [0.717, 1.165) is 42.5 Å². The van der Waals surface area contributed by atoms with Gasteiger partial charge in [0.1, 0.15) is 6.04 Å². The molecule has 7 nitrogen and oxygen atoms in total. The number of carbonyl (C=O) groups excluding carboxylic acids is 3. The topological polar surface area (TPSA) is 87.1 Å². The van der Waals surface area contributed by atoms with E-state index < -0.39 is 22.6 Å². The summed E-state index contributed by atoms with van der Waals surface area (Å²) in [7, 11) is 0. The monoisotopic (exact) mass is 646 g/mol. The fourth-order valence-electron chi connectivity index (χ4n) is 6.74. The fraction of sp³-hybridized carbons (Fsp3) is 0.594. The van der Waals surface area contributed by atoms with Crippen molar-refractivity contribution in [3.05, 3.63) is 54.6 Å². The number of allylic oxidation sites excluding steroid dienone is 1. The Balaban J connectivity index is 1.70. The predicted octanol–water partition coefficient (Wildman–Crippen LogP) is 5.35. The van der Waals surface area contributed by atoms with Crippen molar-refractivity contribution in [1.29, 1.82) is 0 Å². The zero-order valence-corrected chi connectivity index (χ0v) is 26.6. The van der Waals surface area contributed by atoms with Crippen LogP contribution in [0.5, 0.6) is 0 Å². The smallest absolute Gasteiger partial charge is 0.310 e. The van der Waals surface area contributed by atoms with Crippen LogP contribution >= 0.6 is 27.7 Å². The first-order valence-corrected chi connectivity index (χ1v) is 16.5. The Morgan fingerprint density at radius 1 is 1.20 bits per heavy atom. The number of anilines is 1. The van der Waals surface area contributed by atoms with Gasteiger partial charge in [-0.2, -0.15) is 0 Å². The molecule has 3 heterocycles. The SMILES string of the molecule is C=CCCCCOC(=O)[C@H]1[C@H]2C(=O)N(CCCCCO)C(C(=O)N(CC=C)c3cc(C)ccc3C)C23CC(Br)[C@@H]1S3. The summed E-state index contributed by atoms with van der Waals surface area (Å²) in [5, 5.41) is 9.17. The zero-order chi connectivity index (χ0) is 29.7. The second-order valence-corrected chi connectivity index (χ2v) is 14.2. The summed E-state index contributed by atoms with van der Waals surface area (Å²) >= 11 is 5.45. The third-order valence-corrected chi connectivity index (χ3v) is 11.9. The van der Waals surface area contributed by atoms with Gasteiger partial charge in [0.05, 0.1) is 23.2 Å². The lowest BCUT2D eigenvalue weighted by Gasteiger charge is -2.38. The number of benzene rings is 1. The molecule has 4 rings (SSSR count). The second kappa shape index (κ2) is 13.9. The fourth-order valence-corrected chi connectivity index (χ4v) is 10.3. The van der Waals surface area contributed by atoms with Crippen LogP contribution in [0.3, 0.4) is 0 Å². The molecule has 0 saturated carbocycles. The number of carbonyl (C=O) groups is 3. The molecule has 0 radical (unpaired) electrons. The molecule has 1 aromatic rings. The summed E-state index contributed by atoms with van der Waals surface area (Å²) in [5.74, 6) is -1.81. The molecule has 9 heteroatoms. The minimum atomic E-state index is -0.729. The van der Waals surface area contributed by atoms with Gasteiger partial charge in [0.15, 0.2) is 0 Å². The number of aryl methyl sites for hydroxylation is 2. The van der Waals surface area contributed by atoms with Crippen molar-refractivity contribution >= 4 is 51.2 Å². The third-order valence-electron chi connectivity index (χ3n) is 8.63. The van der Waals surface area contributed by atoms with Crippen LogP contribution in [0.2, 0.25) is 0 Å². The Labute approximate surface area is 256 Å². The number of unbranched alkanes of at least 4 members (excludes halogenated alkanes) is 4. The second-order valence-electron chi connectivity index (χ2n) is 11.5. The molecule has 3 unspecified atom stereocenters. The van der Waals surface area contributed by atoms with Crippen molar-refractivity contribution in [3.8, 4) is 0 Å². The first kappa shape index (κ1) is 31.8. The average molecular weight is 648 g/mol. The Hall–Kier alpha value is -2.10. The molecule has 0 aromatic heterocycles. The van der Waals surface area contributed by atoms with Crippen molar-refractivity contribution < 1.29 is 24.2 Å². The predicted molar refractivity (Wildman–Crippen MR) is 168 cm³/mol. The van der Waals surface area contributed by atoms with Crippen LogP contribution in [0.15, 0.2) is 43.5 Å². The van der Waals surface area contributed by atoms with Crippen LogP contribution in [0.4, 0.5) is 5.69 Å². The minimum Gasteiger partial charge on any atom is -0.465 e. The van der Waals surface area contributed by atoms with Gasteiger partial charge in [0.25, 0.3) is 5.91 Å². The number of likely N-dealkylation sites (tertiary alicyclic amines) is 1. The van der Waals surface area contributed by atoms with Crippen LogP contribution in [-0.2, 0) is 19.1 Å². The summed E-state index contributed by atoms with van der Waals surface area (Å²) in [6.07, 6.45) is 8.76. The van der Waals surface area contributed by atoms with E-state index >= 15 is 0 Å². The van der Waals surface area contributed by atoms with Crippen molar-refractivity contribution in [2.24, 2.45) is 11.8 Å². The maximum atomic E-state index is 14.7. The van der Waals surface area contributed by atoms with Crippen LogP contribution < -0.4 is 4.90 Å². The number of esters is 1. The van der Waals surface area contributed by atoms with E-state index in [2.05, 4.69) is 29.1 Å². The molecule has 1 aromatic carbocycles. The highest BCUT2D eigenvalue weighted by Crippen LogP contribution is 2.68. The molecule has 2 bridgehead atoms. The summed E-state index contributed by atoms with van der Waals surface area (Å²) in [5.41, 5.74) is 2.82. The van der Waals surface area contributed by atoms with E-state index in [4.69, 9.17) is 4.74 Å². The Bertz CT molecular complexity index is 1160. The van der Waals surface area contributed by atoms with Gasteiger partial charge in [0.2, 0.25) is 5.91 Å².